The minimum absolute atomic E-state index is 0.527. The molecule has 22 heavy (non-hydrogen) atoms. The van der Waals surface area contributed by atoms with Crippen LogP contribution in [0, 0.1) is 0 Å². The van der Waals surface area contributed by atoms with Crippen molar-refractivity contribution in [3.8, 4) is 11.5 Å². The number of hydrogen-bond acceptors (Lipinski definition) is 3. The molecule has 3 nitrogen and oxygen atoms in total. The monoisotopic (exact) mass is 363 g/mol. The first-order valence-corrected chi connectivity index (χ1v) is 8.27. The van der Waals surface area contributed by atoms with Gasteiger partial charge >= 0.3 is 0 Å². The first-order chi connectivity index (χ1) is 10.7. The summed E-state index contributed by atoms with van der Waals surface area (Å²) >= 11 is 3.53. The molecule has 2 rings (SSSR count). The second kappa shape index (κ2) is 8.81. The number of rotatable bonds is 8. The molecule has 0 aromatic heterocycles. The van der Waals surface area contributed by atoms with Crippen molar-refractivity contribution < 1.29 is 9.47 Å². The SMILES string of the molecule is CCCNCc1cc(Br)cc(OC)c1OCc1ccccc1. The molecule has 0 fully saturated rings. The van der Waals surface area contributed by atoms with E-state index in [2.05, 4.69) is 46.4 Å². The maximum atomic E-state index is 6.05. The highest BCUT2D eigenvalue weighted by Gasteiger charge is 2.13. The average Bonchev–Trinajstić information content (AvgIpc) is 2.54. The lowest BCUT2D eigenvalue weighted by Crippen LogP contribution is -2.15. The number of nitrogens with one attached hydrogen (secondary N) is 1. The molecule has 0 unspecified atom stereocenters. The molecule has 2 aromatic rings. The fourth-order valence-corrected chi connectivity index (χ4v) is 2.68. The first-order valence-electron chi connectivity index (χ1n) is 7.48. The molecule has 0 aliphatic heterocycles. The quantitative estimate of drug-likeness (QED) is 0.698. The van der Waals surface area contributed by atoms with E-state index in [1.165, 1.54) is 0 Å². The van der Waals surface area contributed by atoms with Gasteiger partial charge in [0, 0.05) is 16.6 Å². The topological polar surface area (TPSA) is 30.5 Å². The molecule has 4 heteroatoms. The molecule has 1 N–H and O–H groups in total. The molecule has 0 heterocycles. The Bertz CT molecular complexity index is 587. The minimum atomic E-state index is 0.527. The third kappa shape index (κ3) is 4.75. The van der Waals surface area contributed by atoms with Crippen LogP contribution < -0.4 is 14.8 Å². The van der Waals surface area contributed by atoms with Crippen LogP contribution in [0.5, 0.6) is 11.5 Å². The highest BCUT2D eigenvalue weighted by Crippen LogP contribution is 2.35. The number of benzene rings is 2. The number of hydrogen-bond donors (Lipinski definition) is 1. The van der Waals surface area contributed by atoms with E-state index in [-0.39, 0.29) is 0 Å². The summed E-state index contributed by atoms with van der Waals surface area (Å²) in [5.74, 6) is 1.55. The Morgan fingerprint density at radius 1 is 1.14 bits per heavy atom. The van der Waals surface area contributed by atoms with E-state index in [0.717, 1.165) is 46.6 Å². The predicted octanol–water partition coefficient (Wildman–Crippen LogP) is 4.54. The Labute approximate surface area is 140 Å². The lowest BCUT2D eigenvalue weighted by atomic mass is 10.1. The highest BCUT2D eigenvalue weighted by atomic mass is 79.9. The van der Waals surface area contributed by atoms with E-state index >= 15 is 0 Å². The smallest absolute Gasteiger partial charge is 0.166 e. The van der Waals surface area contributed by atoms with Crippen molar-refractivity contribution in [2.45, 2.75) is 26.5 Å². The van der Waals surface area contributed by atoms with Crippen molar-refractivity contribution in [1.29, 1.82) is 0 Å². The zero-order chi connectivity index (χ0) is 15.8. The predicted molar refractivity (Wildman–Crippen MR) is 93.5 cm³/mol. The van der Waals surface area contributed by atoms with E-state index in [9.17, 15) is 0 Å². The Morgan fingerprint density at radius 3 is 2.59 bits per heavy atom. The van der Waals surface area contributed by atoms with Crippen LogP contribution in [0.25, 0.3) is 0 Å². The molecule has 2 aromatic carbocycles. The van der Waals surface area contributed by atoms with Crippen LogP contribution in [-0.2, 0) is 13.2 Å². The second-order valence-corrected chi connectivity index (χ2v) is 5.96. The van der Waals surface area contributed by atoms with Gasteiger partial charge in [-0.1, -0.05) is 53.2 Å². The molecule has 0 saturated heterocycles. The van der Waals surface area contributed by atoms with Crippen molar-refractivity contribution in [3.05, 3.63) is 58.1 Å². The third-order valence-corrected chi connectivity index (χ3v) is 3.74. The summed E-state index contributed by atoms with van der Waals surface area (Å²) < 4.78 is 12.5. The molecule has 0 spiro atoms. The van der Waals surface area contributed by atoms with Gasteiger partial charge in [-0.3, -0.25) is 0 Å². The lowest BCUT2D eigenvalue weighted by Gasteiger charge is -2.16. The Hall–Kier alpha value is -1.52. The molecule has 0 bridgehead atoms. The molecule has 0 saturated carbocycles. The average molecular weight is 364 g/mol. The Balaban J connectivity index is 2.18. The molecule has 0 aliphatic rings. The van der Waals surface area contributed by atoms with Gasteiger partial charge in [0.25, 0.3) is 0 Å². The largest absolute Gasteiger partial charge is 0.493 e. The van der Waals surface area contributed by atoms with Gasteiger partial charge in [0.1, 0.15) is 6.61 Å². The van der Waals surface area contributed by atoms with E-state index in [0.29, 0.717) is 6.61 Å². The van der Waals surface area contributed by atoms with Crippen molar-refractivity contribution in [2.75, 3.05) is 13.7 Å². The van der Waals surface area contributed by atoms with Crippen LogP contribution in [0.4, 0.5) is 0 Å². The van der Waals surface area contributed by atoms with Crippen molar-refractivity contribution in [3.63, 3.8) is 0 Å². The van der Waals surface area contributed by atoms with Gasteiger partial charge in [-0.2, -0.15) is 0 Å². The zero-order valence-electron chi connectivity index (χ0n) is 13.1. The second-order valence-electron chi connectivity index (χ2n) is 5.05. The molecule has 0 amide bonds. The van der Waals surface area contributed by atoms with Gasteiger partial charge in [0.05, 0.1) is 7.11 Å². The van der Waals surface area contributed by atoms with Crippen molar-refractivity contribution in [2.24, 2.45) is 0 Å². The van der Waals surface area contributed by atoms with Crippen LogP contribution in [-0.4, -0.2) is 13.7 Å². The normalized spacial score (nSPS) is 10.5. The number of halogens is 1. The highest BCUT2D eigenvalue weighted by molar-refractivity contribution is 9.10. The van der Waals surface area contributed by atoms with Crippen LogP contribution in [0.3, 0.4) is 0 Å². The summed E-state index contributed by atoms with van der Waals surface area (Å²) in [5.41, 5.74) is 2.23. The standard InChI is InChI=1S/C18H22BrNO2/c1-3-9-20-12-15-10-16(19)11-17(21-2)18(15)22-13-14-7-5-4-6-8-14/h4-8,10-11,20H,3,9,12-13H2,1-2H3. The maximum absolute atomic E-state index is 6.05. The van der Waals surface area contributed by atoms with Gasteiger partial charge in [0.2, 0.25) is 0 Å². The summed E-state index contributed by atoms with van der Waals surface area (Å²) in [6.07, 6.45) is 1.10. The Kier molecular flexibility index (Phi) is 6.74. The van der Waals surface area contributed by atoms with Crippen molar-refractivity contribution >= 4 is 15.9 Å². The molecular weight excluding hydrogens is 342 g/mol. The summed E-state index contributed by atoms with van der Waals surface area (Å²) in [6, 6.07) is 14.2. The summed E-state index contributed by atoms with van der Waals surface area (Å²) in [4.78, 5) is 0. The molecule has 0 radical (unpaired) electrons. The maximum Gasteiger partial charge on any atom is 0.166 e. The van der Waals surface area contributed by atoms with Crippen LogP contribution >= 0.6 is 15.9 Å². The van der Waals surface area contributed by atoms with E-state index in [1.54, 1.807) is 7.11 Å². The van der Waals surface area contributed by atoms with Gasteiger partial charge < -0.3 is 14.8 Å². The summed E-state index contributed by atoms with van der Waals surface area (Å²) in [7, 11) is 1.67. The van der Waals surface area contributed by atoms with Crippen LogP contribution in [0.1, 0.15) is 24.5 Å². The minimum Gasteiger partial charge on any atom is -0.493 e. The van der Waals surface area contributed by atoms with Crippen LogP contribution in [0.2, 0.25) is 0 Å². The fourth-order valence-electron chi connectivity index (χ4n) is 2.20. The number of methoxy groups -OCH3 is 1. The van der Waals surface area contributed by atoms with E-state index in [1.807, 2.05) is 24.3 Å². The van der Waals surface area contributed by atoms with E-state index in [4.69, 9.17) is 9.47 Å². The first kappa shape index (κ1) is 16.8. The molecule has 0 aliphatic carbocycles. The molecule has 118 valence electrons. The van der Waals surface area contributed by atoms with E-state index < -0.39 is 0 Å². The summed E-state index contributed by atoms with van der Waals surface area (Å²) in [6.45, 7) is 4.42. The zero-order valence-corrected chi connectivity index (χ0v) is 14.7. The number of ether oxygens (including phenoxy) is 2. The van der Waals surface area contributed by atoms with Gasteiger partial charge in [0.15, 0.2) is 11.5 Å². The lowest BCUT2D eigenvalue weighted by molar-refractivity contribution is 0.280. The fraction of sp³-hybridized carbons (Fsp3) is 0.333. The molecular formula is C18H22BrNO2. The summed E-state index contributed by atoms with van der Waals surface area (Å²) in [5, 5.41) is 3.41. The third-order valence-electron chi connectivity index (χ3n) is 3.28. The van der Waals surface area contributed by atoms with Gasteiger partial charge in [-0.25, -0.2) is 0 Å². The van der Waals surface area contributed by atoms with Crippen molar-refractivity contribution in [1.82, 2.24) is 5.32 Å². The Morgan fingerprint density at radius 2 is 1.91 bits per heavy atom. The van der Waals surface area contributed by atoms with Crippen LogP contribution in [0.15, 0.2) is 46.9 Å². The van der Waals surface area contributed by atoms with Gasteiger partial charge in [-0.15, -0.1) is 0 Å². The van der Waals surface area contributed by atoms with Gasteiger partial charge in [-0.05, 0) is 30.7 Å². The molecule has 0 atom stereocenters.